The van der Waals surface area contributed by atoms with E-state index in [9.17, 15) is 4.79 Å². The topological polar surface area (TPSA) is 47.0 Å². The van der Waals surface area contributed by atoms with E-state index in [1.165, 1.54) is 0 Å². The Morgan fingerprint density at radius 2 is 2.18 bits per heavy atom. The van der Waals surface area contributed by atoms with Crippen LogP contribution in [0.1, 0.15) is 46.4 Å². The van der Waals surface area contributed by atoms with Crippen molar-refractivity contribution in [1.29, 1.82) is 0 Å². The minimum atomic E-state index is -0.400. The molecule has 0 spiro atoms. The van der Waals surface area contributed by atoms with Crippen molar-refractivity contribution >= 4 is 18.2 Å². The summed E-state index contributed by atoms with van der Waals surface area (Å²) < 4.78 is 7.41. The summed E-state index contributed by atoms with van der Waals surface area (Å²) in [7, 11) is 0. The van der Waals surface area contributed by atoms with Crippen LogP contribution in [0.4, 0.5) is 0 Å². The Balaban J connectivity index is 3.17. The van der Waals surface area contributed by atoms with Gasteiger partial charge in [-0.15, -0.1) is 0 Å². The van der Waals surface area contributed by atoms with Crippen molar-refractivity contribution < 1.29 is 9.53 Å². The lowest BCUT2D eigenvalue weighted by Gasteiger charge is -2.23. The van der Waals surface area contributed by atoms with Crippen molar-refractivity contribution in [3.05, 3.63) is 16.7 Å². The lowest BCUT2D eigenvalue weighted by molar-refractivity contribution is -0.146. The van der Waals surface area contributed by atoms with Gasteiger partial charge in [0.15, 0.2) is 4.77 Å². The zero-order valence-electron chi connectivity index (χ0n) is 11.0. The molecule has 96 valence electrons. The van der Waals surface area contributed by atoms with Gasteiger partial charge >= 0.3 is 5.97 Å². The van der Waals surface area contributed by atoms with E-state index in [0.29, 0.717) is 11.4 Å². The highest BCUT2D eigenvalue weighted by atomic mass is 32.1. The van der Waals surface area contributed by atoms with Gasteiger partial charge in [0, 0.05) is 17.3 Å². The van der Waals surface area contributed by atoms with Crippen LogP contribution < -0.4 is 0 Å². The lowest BCUT2D eigenvalue weighted by Crippen LogP contribution is -2.25. The quantitative estimate of drug-likeness (QED) is 0.668. The van der Waals surface area contributed by atoms with Gasteiger partial charge in [0.25, 0.3) is 0 Å². The minimum Gasteiger partial charge on any atom is -0.464 e. The Morgan fingerprint density at radius 3 is 2.65 bits per heavy atom. The summed E-state index contributed by atoms with van der Waals surface area (Å²) in [4.78, 5) is 14.8. The van der Waals surface area contributed by atoms with Gasteiger partial charge in [0.1, 0.15) is 6.04 Å². The van der Waals surface area contributed by atoms with Crippen molar-refractivity contribution in [1.82, 2.24) is 9.55 Å². The molecule has 1 aromatic heterocycles. The molecule has 5 heteroatoms. The predicted octanol–water partition coefficient (Wildman–Crippen LogP) is 2.97. The summed E-state index contributed by atoms with van der Waals surface area (Å²) in [5.74, 6) is -0.256. The third-order valence-corrected chi connectivity index (χ3v) is 2.91. The maximum absolute atomic E-state index is 11.8. The van der Waals surface area contributed by atoms with Crippen LogP contribution in [0, 0.1) is 4.77 Å². The molecule has 0 aliphatic rings. The monoisotopic (exact) mass is 256 g/mol. The van der Waals surface area contributed by atoms with E-state index in [1.54, 1.807) is 13.8 Å². The molecule has 1 heterocycles. The zero-order valence-corrected chi connectivity index (χ0v) is 11.9. The van der Waals surface area contributed by atoms with E-state index in [4.69, 9.17) is 17.0 Å². The summed E-state index contributed by atoms with van der Waals surface area (Å²) in [5.41, 5.74) is 0.928. The number of aromatic nitrogens is 2. The molecular formula is C12H20N2O2S. The summed E-state index contributed by atoms with van der Waals surface area (Å²) in [6.07, 6.45) is 1.86. The average molecular weight is 256 g/mol. The number of nitrogens with one attached hydrogen (secondary N) is 1. The zero-order chi connectivity index (χ0) is 13.2. The van der Waals surface area contributed by atoms with Crippen LogP contribution in [0.2, 0.25) is 0 Å². The van der Waals surface area contributed by atoms with Crippen LogP contribution >= 0.6 is 12.2 Å². The summed E-state index contributed by atoms with van der Waals surface area (Å²) in [6.45, 7) is 10.2. The van der Waals surface area contributed by atoms with Gasteiger partial charge in [-0.3, -0.25) is 0 Å². The Hall–Kier alpha value is -1.10. The molecule has 0 amide bonds. The molecule has 1 unspecified atom stereocenters. The fourth-order valence-corrected chi connectivity index (χ4v) is 2.02. The molecule has 1 N–H and O–H groups in total. The Morgan fingerprint density at radius 1 is 1.59 bits per heavy atom. The second-order valence-electron chi connectivity index (χ2n) is 5.03. The summed E-state index contributed by atoms with van der Waals surface area (Å²) in [5, 5.41) is 0. The number of rotatable bonds is 3. The molecule has 0 saturated carbocycles. The smallest absolute Gasteiger partial charge is 0.328 e. The highest BCUT2D eigenvalue weighted by molar-refractivity contribution is 7.71. The largest absolute Gasteiger partial charge is 0.464 e. The molecule has 17 heavy (non-hydrogen) atoms. The highest BCUT2D eigenvalue weighted by Gasteiger charge is 2.25. The first-order valence-electron chi connectivity index (χ1n) is 5.76. The van der Waals surface area contributed by atoms with E-state index in [2.05, 4.69) is 25.8 Å². The van der Waals surface area contributed by atoms with Crippen molar-refractivity contribution in [2.75, 3.05) is 6.61 Å². The maximum atomic E-state index is 11.8. The number of carbonyl (C=O) groups is 1. The molecule has 0 aliphatic carbocycles. The second kappa shape index (κ2) is 5.04. The Bertz CT molecular complexity index is 454. The molecule has 0 fully saturated rings. The molecule has 0 saturated heterocycles. The van der Waals surface area contributed by atoms with Crippen molar-refractivity contribution in [2.24, 2.45) is 0 Å². The molecule has 0 aliphatic heterocycles. The first kappa shape index (κ1) is 14.0. The third-order valence-electron chi connectivity index (χ3n) is 2.59. The van der Waals surface area contributed by atoms with Crippen molar-refractivity contribution in [3.8, 4) is 0 Å². The molecular weight excluding hydrogens is 236 g/mol. The molecule has 1 rings (SSSR count). The number of hydrogen-bond donors (Lipinski definition) is 1. The van der Waals surface area contributed by atoms with Gasteiger partial charge in [-0.1, -0.05) is 20.8 Å². The van der Waals surface area contributed by atoms with Crippen LogP contribution in [-0.4, -0.2) is 22.1 Å². The number of hydrogen-bond acceptors (Lipinski definition) is 3. The van der Waals surface area contributed by atoms with Crippen molar-refractivity contribution in [3.63, 3.8) is 0 Å². The molecule has 0 bridgehead atoms. The van der Waals surface area contributed by atoms with E-state index in [-0.39, 0.29) is 11.4 Å². The number of esters is 1. The Kier molecular flexibility index (Phi) is 4.14. The molecule has 0 radical (unpaired) electrons. The summed E-state index contributed by atoms with van der Waals surface area (Å²) in [6, 6.07) is -0.400. The second-order valence-corrected chi connectivity index (χ2v) is 5.41. The number of carbonyl (C=O) groups excluding carboxylic acids is 1. The van der Waals surface area contributed by atoms with Gasteiger partial charge in [0.2, 0.25) is 0 Å². The molecule has 4 nitrogen and oxygen atoms in total. The SMILES string of the molecule is CCOC(=O)C(C)n1c(C(C)(C)C)c[nH]c1=S. The predicted molar refractivity (Wildman–Crippen MR) is 69.7 cm³/mol. The van der Waals surface area contributed by atoms with Gasteiger partial charge < -0.3 is 14.3 Å². The van der Waals surface area contributed by atoms with Crippen LogP contribution in [0.3, 0.4) is 0 Å². The van der Waals surface area contributed by atoms with E-state index < -0.39 is 6.04 Å². The molecule has 0 aromatic carbocycles. The molecule has 1 aromatic rings. The van der Waals surface area contributed by atoms with Gasteiger partial charge in [-0.2, -0.15) is 0 Å². The fraction of sp³-hybridized carbons (Fsp3) is 0.667. The first-order valence-corrected chi connectivity index (χ1v) is 6.17. The highest BCUT2D eigenvalue weighted by Crippen LogP contribution is 2.25. The van der Waals surface area contributed by atoms with Gasteiger partial charge in [0.05, 0.1) is 6.61 Å². The standard InChI is InChI=1S/C12H20N2O2S/c1-6-16-10(15)8(2)14-9(12(3,4)5)7-13-11(14)17/h7-8H,6H2,1-5H3,(H,13,17). The van der Waals surface area contributed by atoms with Gasteiger partial charge in [-0.05, 0) is 26.1 Å². The number of aromatic amines is 1. The number of imidazole rings is 1. The minimum absolute atomic E-state index is 0.0751. The van der Waals surface area contributed by atoms with Crippen LogP contribution in [0.25, 0.3) is 0 Å². The normalized spacial score (nSPS) is 13.5. The van der Waals surface area contributed by atoms with E-state index in [0.717, 1.165) is 5.69 Å². The van der Waals surface area contributed by atoms with E-state index in [1.807, 2.05) is 10.8 Å². The first-order chi connectivity index (χ1) is 7.79. The Labute approximate surface area is 107 Å². The average Bonchev–Trinajstić information content (AvgIpc) is 2.59. The number of H-pyrrole nitrogens is 1. The van der Waals surface area contributed by atoms with E-state index >= 15 is 0 Å². The molecule has 1 atom stereocenters. The maximum Gasteiger partial charge on any atom is 0.328 e. The lowest BCUT2D eigenvalue weighted by atomic mass is 9.92. The number of ether oxygens (including phenoxy) is 1. The van der Waals surface area contributed by atoms with Crippen LogP contribution in [0.5, 0.6) is 0 Å². The van der Waals surface area contributed by atoms with Gasteiger partial charge in [-0.25, -0.2) is 4.79 Å². The number of nitrogens with zero attached hydrogens (tertiary/aromatic N) is 1. The third kappa shape index (κ3) is 2.97. The van der Waals surface area contributed by atoms with Crippen molar-refractivity contribution in [2.45, 2.75) is 46.1 Å². The van der Waals surface area contributed by atoms with Crippen LogP contribution in [-0.2, 0) is 14.9 Å². The summed E-state index contributed by atoms with van der Waals surface area (Å²) >= 11 is 5.22. The van der Waals surface area contributed by atoms with Crippen LogP contribution in [0.15, 0.2) is 6.20 Å². The fourth-order valence-electron chi connectivity index (χ4n) is 1.71.